The van der Waals surface area contributed by atoms with E-state index in [0.717, 1.165) is 12.1 Å². The molecular weight excluding hydrogens is 305 g/mol. The van der Waals surface area contributed by atoms with Crippen LogP contribution in [-0.4, -0.2) is 42.4 Å². The lowest BCUT2D eigenvalue weighted by molar-refractivity contribution is 0.0262. The van der Waals surface area contributed by atoms with E-state index in [2.05, 4.69) is 4.90 Å². The van der Waals surface area contributed by atoms with Crippen LogP contribution in [0.1, 0.15) is 11.7 Å². The molecule has 3 atom stereocenters. The minimum absolute atomic E-state index is 0.288. The number of halogens is 2. The molecule has 3 unspecified atom stereocenters. The van der Waals surface area contributed by atoms with Crippen LogP contribution in [0.15, 0.2) is 54.6 Å². The Kier molecular flexibility index (Phi) is 5.88. The SMILES string of the molecule is CN(C)CCOC(c1ccccc1)C1(Cl)C=CC=CC1Cl. The molecule has 0 bridgehead atoms. The number of ether oxygens (including phenoxy) is 1. The van der Waals surface area contributed by atoms with E-state index in [-0.39, 0.29) is 11.5 Å². The number of hydrogen-bond donors (Lipinski definition) is 0. The molecule has 0 fully saturated rings. The molecule has 0 aliphatic heterocycles. The van der Waals surface area contributed by atoms with Crippen molar-refractivity contribution in [2.75, 3.05) is 27.2 Å². The highest BCUT2D eigenvalue weighted by atomic mass is 35.5. The largest absolute Gasteiger partial charge is 0.370 e. The van der Waals surface area contributed by atoms with Gasteiger partial charge >= 0.3 is 0 Å². The summed E-state index contributed by atoms with van der Waals surface area (Å²) < 4.78 is 6.11. The molecule has 1 aliphatic rings. The van der Waals surface area contributed by atoms with E-state index in [1.54, 1.807) is 0 Å². The third kappa shape index (κ3) is 4.10. The van der Waals surface area contributed by atoms with Crippen LogP contribution in [0, 0.1) is 0 Å². The Hall–Kier alpha value is -0.800. The Morgan fingerprint density at radius 2 is 1.95 bits per heavy atom. The fourth-order valence-electron chi connectivity index (χ4n) is 2.30. The number of likely N-dealkylation sites (N-methyl/N-ethyl adjacent to an activating group) is 1. The van der Waals surface area contributed by atoms with Gasteiger partial charge in [-0.15, -0.1) is 23.2 Å². The summed E-state index contributed by atoms with van der Waals surface area (Å²) in [5.74, 6) is 0. The summed E-state index contributed by atoms with van der Waals surface area (Å²) in [7, 11) is 4.04. The van der Waals surface area contributed by atoms with Gasteiger partial charge < -0.3 is 9.64 Å². The Morgan fingerprint density at radius 1 is 1.24 bits per heavy atom. The van der Waals surface area contributed by atoms with Gasteiger partial charge in [0.15, 0.2) is 0 Å². The second kappa shape index (κ2) is 7.46. The van der Waals surface area contributed by atoms with Gasteiger partial charge in [-0.3, -0.25) is 0 Å². The molecule has 2 rings (SSSR count). The second-order valence-electron chi connectivity index (χ2n) is 5.44. The predicted octanol–water partition coefficient (Wildman–Crippen LogP) is 4.02. The minimum Gasteiger partial charge on any atom is -0.370 e. The van der Waals surface area contributed by atoms with Crippen molar-refractivity contribution in [2.24, 2.45) is 0 Å². The van der Waals surface area contributed by atoms with Gasteiger partial charge in [0.2, 0.25) is 0 Å². The summed E-state index contributed by atoms with van der Waals surface area (Å²) >= 11 is 13.3. The fraction of sp³-hybridized carbons (Fsp3) is 0.412. The summed E-state index contributed by atoms with van der Waals surface area (Å²) in [6.07, 6.45) is 7.39. The van der Waals surface area contributed by atoms with Gasteiger partial charge in [-0.05, 0) is 19.7 Å². The van der Waals surface area contributed by atoms with Gasteiger partial charge in [0, 0.05) is 6.54 Å². The van der Waals surface area contributed by atoms with Gasteiger partial charge in [0.05, 0.1) is 12.0 Å². The van der Waals surface area contributed by atoms with Crippen molar-refractivity contribution in [3.63, 3.8) is 0 Å². The first-order valence-electron chi connectivity index (χ1n) is 7.04. The molecule has 21 heavy (non-hydrogen) atoms. The highest BCUT2D eigenvalue weighted by molar-refractivity contribution is 6.35. The van der Waals surface area contributed by atoms with E-state index in [0.29, 0.717) is 6.61 Å². The van der Waals surface area contributed by atoms with E-state index in [4.69, 9.17) is 27.9 Å². The molecule has 0 saturated heterocycles. The number of rotatable bonds is 6. The van der Waals surface area contributed by atoms with Crippen molar-refractivity contribution in [1.29, 1.82) is 0 Å². The zero-order chi connectivity index (χ0) is 15.3. The first-order chi connectivity index (χ1) is 10.0. The zero-order valence-electron chi connectivity index (χ0n) is 12.4. The monoisotopic (exact) mass is 325 g/mol. The molecule has 0 aromatic heterocycles. The van der Waals surface area contributed by atoms with Crippen LogP contribution < -0.4 is 0 Å². The molecule has 0 N–H and O–H groups in total. The van der Waals surface area contributed by atoms with Crippen molar-refractivity contribution >= 4 is 23.2 Å². The highest BCUT2D eigenvalue weighted by Gasteiger charge is 2.42. The van der Waals surface area contributed by atoms with E-state index in [9.17, 15) is 0 Å². The van der Waals surface area contributed by atoms with Crippen molar-refractivity contribution in [2.45, 2.75) is 16.4 Å². The van der Waals surface area contributed by atoms with Crippen LogP contribution in [0.4, 0.5) is 0 Å². The average Bonchev–Trinajstić information content (AvgIpc) is 2.47. The molecule has 0 spiro atoms. The zero-order valence-corrected chi connectivity index (χ0v) is 13.9. The standard InChI is InChI=1S/C17H21Cl2NO/c1-20(2)12-13-21-16(14-8-4-3-5-9-14)17(19)11-7-6-10-15(17)18/h3-11,15-16H,12-13H2,1-2H3. The molecular formula is C17H21Cl2NO. The number of benzene rings is 1. The first kappa shape index (κ1) is 16.6. The number of nitrogens with zero attached hydrogens (tertiary/aromatic N) is 1. The smallest absolute Gasteiger partial charge is 0.113 e. The lowest BCUT2D eigenvalue weighted by Crippen LogP contribution is -2.40. The quantitative estimate of drug-likeness (QED) is 0.732. The topological polar surface area (TPSA) is 12.5 Å². The molecule has 1 aromatic carbocycles. The van der Waals surface area contributed by atoms with Gasteiger partial charge in [0.1, 0.15) is 11.0 Å². The third-order valence-corrected chi connectivity index (χ3v) is 4.67. The van der Waals surface area contributed by atoms with Gasteiger partial charge in [-0.25, -0.2) is 0 Å². The molecule has 0 heterocycles. The van der Waals surface area contributed by atoms with Crippen LogP contribution in [0.3, 0.4) is 0 Å². The van der Waals surface area contributed by atoms with Crippen LogP contribution in [0.5, 0.6) is 0 Å². The van der Waals surface area contributed by atoms with E-state index >= 15 is 0 Å². The summed E-state index contributed by atoms with van der Waals surface area (Å²) in [5, 5.41) is -0.311. The molecule has 0 saturated carbocycles. The maximum absolute atomic E-state index is 6.83. The van der Waals surface area contributed by atoms with Crippen LogP contribution >= 0.6 is 23.2 Å². The summed E-state index contributed by atoms with van der Waals surface area (Å²) in [4.78, 5) is 1.31. The van der Waals surface area contributed by atoms with Gasteiger partial charge in [0.25, 0.3) is 0 Å². The maximum Gasteiger partial charge on any atom is 0.113 e. The lowest BCUT2D eigenvalue weighted by atomic mass is 9.88. The highest BCUT2D eigenvalue weighted by Crippen LogP contribution is 2.43. The Labute approximate surface area is 137 Å². The summed E-state index contributed by atoms with van der Waals surface area (Å²) in [6.45, 7) is 1.44. The second-order valence-corrected chi connectivity index (χ2v) is 6.56. The third-order valence-electron chi connectivity index (χ3n) is 3.49. The van der Waals surface area contributed by atoms with Crippen molar-refractivity contribution < 1.29 is 4.74 Å². The van der Waals surface area contributed by atoms with Gasteiger partial charge in [-0.2, -0.15) is 0 Å². The van der Waals surface area contributed by atoms with Crippen LogP contribution in [0.25, 0.3) is 0 Å². The maximum atomic E-state index is 6.83. The average molecular weight is 326 g/mol. The summed E-state index contributed by atoms with van der Waals surface area (Å²) in [6, 6.07) is 10.0. The normalized spacial score (nSPS) is 26.2. The first-order valence-corrected chi connectivity index (χ1v) is 7.86. The fourth-order valence-corrected chi connectivity index (χ4v) is 2.90. The number of hydrogen-bond acceptors (Lipinski definition) is 2. The Balaban J connectivity index is 2.23. The number of allylic oxidation sites excluding steroid dienone is 3. The van der Waals surface area contributed by atoms with E-state index in [1.165, 1.54) is 0 Å². The van der Waals surface area contributed by atoms with Gasteiger partial charge in [-0.1, -0.05) is 54.6 Å². The molecule has 1 aliphatic carbocycles. The predicted molar refractivity (Wildman–Crippen MR) is 90.2 cm³/mol. The van der Waals surface area contributed by atoms with Crippen LogP contribution in [-0.2, 0) is 4.74 Å². The van der Waals surface area contributed by atoms with Crippen LogP contribution in [0.2, 0.25) is 0 Å². The molecule has 1 aromatic rings. The van der Waals surface area contributed by atoms with Crippen molar-refractivity contribution in [3.05, 3.63) is 60.2 Å². The van der Waals surface area contributed by atoms with E-state index < -0.39 is 4.87 Å². The Bertz CT molecular complexity index is 501. The number of alkyl halides is 2. The molecule has 0 radical (unpaired) electrons. The van der Waals surface area contributed by atoms with Crippen molar-refractivity contribution in [1.82, 2.24) is 4.90 Å². The molecule has 4 heteroatoms. The minimum atomic E-state index is -0.774. The summed E-state index contributed by atoms with van der Waals surface area (Å²) in [5.41, 5.74) is 1.04. The molecule has 2 nitrogen and oxygen atoms in total. The van der Waals surface area contributed by atoms with E-state index in [1.807, 2.05) is 68.7 Å². The molecule has 0 amide bonds. The molecule has 114 valence electrons. The Morgan fingerprint density at radius 3 is 2.57 bits per heavy atom. The van der Waals surface area contributed by atoms with Crippen molar-refractivity contribution in [3.8, 4) is 0 Å². The lowest BCUT2D eigenvalue weighted by Gasteiger charge is -2.37.